The molecule has 0 spiro atoms. The number of carbonyl (C=O) groups is 1. The molecule has 0 saturated carbocycles. The fourth-order valence-electron chi connectivity index (χ4n) is 3.36. The highest BCUT2D eigenvalue weighted by Crippen LogP contribution is 2.51. The van der Waals surface area contributed by atoms with E-state index in [-0.39, 0.29) is 21.9 Å². The van der Waals surface area contributed by atoms with Gasteiger partial charge in [0, 0.05) is 17.3 Å². The van der Waals surface area contributed by atoms with Crippen molar-refractivity contribution in [3.8, 4) is 0 Å². The minimum atomic E-state index is -2.31. The van der Waals surface area contributed by atoms with E-state index in [1.807, 2.05) is 0 Å². The summed E-state index contributed by atoms with van der Waals surface area (Å²) in [6, 6.07) is 6.46. The van der Waals surface area contributed by atoms with Crippen LogP contribution in [0.4, 0.5) is 13.6 Å². The lowest BCUT2D eigenvalue weighted by atomic mass is 9.76. The SMILES string of the molecule is C=C1C(F)=C(F)C=C2C1C(O)(c1ccccc1)N(O)C(=O)N2C(C)C. The maximum Gasteiger partial charge on any atom is 0.351 e. The van der Waals surface area contributed by atoms with Crippen LogP contribution in [0.15, 0.2) is 65.9 Å². The third kappa shape index (κ3) is 2.31. The van der Waals surface area contributed by atoms with E-state index in [0.717, 1.165) is 11.0 Å². The third-order valence-corrected chi connectivity index (χ3v) is 4.52. The summed E-state index contributed by atoms with van der Waals surface area (Å²) in [6.07, 6.45) is 0.869. The number of allylic oxidation sites excluding steroid dienone is 3. The number of carbonyl (C=O) groups excluding carboxylic acids is 1. The topological polar surface area (TPSA) is 64.0 Å². The van der Waals surface area contributed by atoms with Crippen molar-refractivity contribution >= 4 is 6.03 Å². The largest absolute Gasteiger partial charge is 0.364 e. The van der Waals surface area contributed by atoms with Crippen LogP contribution in [0, 0.1) is 5.92 Å². The molecule has 2 amide bonds. The van der Waals surface area contributed by atoms with Gasteiger partial charge in [0.25, 0.3) is 0 Å². The highest BCUT2D eigenvalue weighted by atomic mass is 19.2. The van der Waals surface area contributed by atoms with Crippen molar-refractivity contribution in [1.29, 1.82) is 0 Å². The number of halogens is 2. The van der Waals surface area contributed by atoms with Crippen molar-refractivity contribution in [3.05, 3.63) is 71.5 Å². The lowest BCUT2D eigenvalue weighted by Crippen LogP contribution is -2.64. The summed E-state index contributed by atoms with van der Waals surface area (Å²) in [7, 11) is 0. The van der Waals surface area contributed by atoms with Crippen molar-refractivity contribution in [1.82, 2.24) is 9.96 Å². The summed E-state index contributed by atoms with van der Waals surface area (Å²) in [4.78, 5) is 13.8. The van der Waals surface area contributed by atoms with Crippen LogP contribution in [0.5, 0.6) is 0 Å². The van der Waals surface area contributed by atoms with Crippen molar-refractivity contribution in [2.45, 2.75) is 25.6 Å². The third-order valence-electron chi connectivity index (χ3n) is 4.52. The Morgan fingerprint density at radius 1 is 1.24 bits per heavy atom. The van der Waals surface area contributed by atoms with Gasteiger partial charge in [-0.25, -0.2) is 13.6 Å². The van der Waals surface area contributed by atoms with E-state index in [9.17, 15) is 23.9 Å². The van der Waals surface area contributed by atoms with Gasteiger partial charge in [0.1, 0.15) is 0 Å². The molecule has 2 N–H and O–H groups in total. The van der Waals surface area contributed by atoms with Crippen LogP contribution in [-0.2, 0) is 5.72 Å². The highest BCUT2D eigenvalue weighted by Gasteiger charge is 2.58. The Labute approximate surface area is 143 Å². The first-order valence-corrected chi connectivity index (χ1v) is 7.77. The molecule has 0 aromatic heterocycles. The number of urea groups is 1. The number of amides is 2. The average Bonchev–Trinajstić information content (AvgIpc) is 2.58. The first kappa shape index (κ1) is 17.3. The van der Waals surface area contributed by atoms with Crippen molar-refractivity contribution in [3.63, 3.8) is 0 Å². The molecule has 1 aliphatic carbocycles. The molecule has 0 radical (unpaired) electrons. The van der Waals surface area contributed by atoms with E-state index in [4.69, 9.17) is 0 Å². The number of fused-ring (bicyclic) bond motifs is 1. The van der Waals surface area contributed by atoms with Gasteiger partial charge in [-0.2, -0.15) is 5.06 Å². The van der Waals surface area contributed by atoms with Crippen LogP contribution in [0.2, 0.25) is 0 Å². The van der Waals surface area contributed by atoms with Gasteiger partial charge in [-0.3, -0.25) is 10.1 Å². The fourth-order valence-corrected chi connectivity index (χ4v) is 3.36. The minimum Gasteiger partial charge on any atom is -0.364 e. The van der Waals surface area contributed by atoms with Gasteiger partial charge < -0.3 is 5.11 Å². The van der Waals surface area contributed by atoms with Crippen LogP contribution in [-0.4, -0.2) is 32.3 Å². The van der Waals surface area contributed by atoms with E-state index in [1.54, 1.807) is 32.0 Å². The molecule has 2 atom stereocenters. The summed E-state index contributed by atoms with van der Waals surface area (Å²) < 4.78 is 28.2. The van der Waals surface area contributed by atoms with Gasteiger partial charge in [0.15, 0.2) is 11.7 Å². The Morgan fingerprint density at radius 3 is 2.40 bits per heavy atom. The van der Waals surface area contributed by atoms with Crippen molar-refractivity contribution < 1.29 is 23.9 Å². The monoisotopic (exact) mass is 348 g/mol. The highest BCUT2D eigenvalue weighted by molar-refractivity contribution is 5.79. The molecule has 1 aliphatic heterocycles. The Bertz CT molecular complexity index is 804. The number of nitrogens with zero attached hydrogens (tertiary/aromatic N) is 2. The molecule has 3 rings (SSSR count). The number of benzene rings is 1. The maximum atomic E-state index is 14.2. The first-order chi connectivity index (χ1) is 11.7. The van der Waals surface area contributed by atoms with Crippen LogP contribution in [0.1, 0.15) is 19.4 Å². The Balaban J connectivity index is 2.28. The zero-order valence-corrected chi connectivity index (χ0v) is 13.8. The number of hydrogen-bond donors (Lipinski definition) is 2. The van der Waals surface area contributed by atoms with Gasteiger partial charge >= 0.3 is 6.03 Å². The maximum absolute atomic E-state index is 14.2. The molecule has 1 aromatic carbocycles. The van der Waals surface area contributed by atoms with Gasteiger partial charge in [-0.15, -0.1) is 0 Å². The summed E-state index contributed by atoms with van der Waals surface area (Å²) in [6.45, 7) is 6.87. The molecule has 2 unspecified atom stereocenters. The lowest BCUT2D eigenvalue weighted by Gasteiger charge is -2.52. The number of rotatable bonds is 2. The molecule has 1 aromatic rings. The molecule has 0 bridgehead atoms. The summed E-state index contributed by atoms with van der Waals surface area (Å²) >= 11 is 0. The minimum absolute atomic E-state index is 0.0422. The zero-order chi connectivity index (χ0) is 18.5. The van der Waals surface area contributed by atoms with Gasteiger partial charge in [0.2, 0.25) is 5.72 Å². The fraction of sp³-hybridized carbons (Fsp3) is 0.278. The predicted molar refractivity (Wildman–Crippen MR) is 86.3 cm³/mol. The second kappa shape index (κ2) is 5.79. The standard InChI is InChI=1S/C18H18F2N2O3/c1-10(2)21-14-9-13(19)16(20)11(3)15(14)18(24,22(25)17(21)23)12-7-5-4-6-8-12/h4-10,15,24-25H,3H2,1-2H3. The molecule has 1 saturated heterocycles. The van der Waals surface area contributed by atoms with E-state index >= 15 is 0 Å². The van der Waals surface area contributed by atoms with E-state index < -0.39 is 35.4 Å². The van der Waals surface area contributed by atoms with E-state index in [1.165, 1.54) is 12.1 Å². The lowest BCUT2D eigenvalue weighted by molar-refractivity contribution is -0.265. The van der Waals surface area contributed by atoms with Gasteiger partial charge in [-0.1, -0.05) is 36.9 Å². The number of hydroxylamine groups is 2. The van der Waals surface area contributed by atoms with Crippen LogP contribution < -0.4 is 0 Å². The van der Waals surface area contributed by atoms with Crippen molar-refractivity contribution in [2.24, 2.45) is 5.92 Å². The first-order valence-electron chi connectivity index (χ1n) is 7.77. The van der Waals surface area contributed by atoms with Crippen LogP contribution >= 0.6 is 0 Å². The Kier molecular flexibility index (Phi) is 4.01. The summed E-state index contributed by atoms with van der Waals surface area (Å²) in [5.74, 6) is -3.65. The Morgan fingerprint density at radius 2 is 1.84 bits per heavy atom. The molecule has 5 nitrogen and oxygen atoms in total. The number of hydrogen-bond acceptors (Lipinski definition) is 3. The smallest absolute Gasteiger partial charge is 0.351 e. The Hall–Kier alpha value is -2.51. The molecular formula is C18H18F2N2O3. The van der Waals surface area contributed by atoms with Gasteiger partial charge in [0.05, 0.1) is 5.92 Å². The molecular weight excluding hydrogens is 330 g/mol. The molecule has 2 aliphatic rings. The van der Waals surface area contributed by atoms with Crippen LogP contribution in [0.25, 0.3) is 0 Å². The second-order valence-corrected chi connectivity index (χ2v) is 6.34. The quantitative estimate of drug-likeness (QED) is 0.803. The normalized spacial score (nSPS) is 27.0. The average molecular weight is 348 g/mol. The molecule has 25 heavy (non-hydrogen) atoms. The summed E-state index contributed by atoms with van der Waals surface area (Å²) in [5.41, 5.74) is -2.47. The van der Waals surface area contributed by atoms with E-state index in [2.05, 4.69) is 6.58 Å². The molecule has 7 heteroatoms. The number of aliphatic hydroxyl groups is 1. The molecule has 132 valence electrons. The van der Waals surface area contributed by atoms with E-state index in [0.29, 0.717) is 0 Å². The molecule has 1 fully saturated rings. The predicted octanol–water partition coefficient (Wildman–Crippen LogP) is 3.59. The second-order valence-electron chi connectivity index (χ2n) is 6.34. The summed E-state index contributed by atoms with van der Waals surface area (Å²) in [5, 5.41) is 21.9. The molecule has 1 heterocycles. The van der Waals surface area contributed by atoms with Crippen molar-refractivity contribution in [2.75, 3.05) is 0 Å². The van der Waals surface area contributed by atoms with Crippen LogP contribution in [0.3, 0.4) is 0 Å². The van der Waals surface area contributed by atoms with Gasteiger partial charge in [-0.05, 0) is 25.5 Å². The zero-order valence-electron chi connectivity index (χ0n) is 13.8.